The first-order valence-electron chi connectivity index (χ1n) is 10.3. The molecule has 1 N–H and O–H groups in total. The number of allylic oxidation sites excluding steroid dienone is 2. The second kappa shape index (κ2) is 9.61. The number of carbonyl (C=O) groups excluding carboxylic acids is 1. The van der Waals surface area contributed by atoms with Crippen molar-refractivity contribution in [2.45, 2.75) is 40.5 Å². The Hall–Kier alpha value is -3.08. The minimum Gasteiger partial charge on any atom is -0.465 e. The zero-order chi connectivity index (χ0) is 21.6. The molecule has 1 aliphatic rings. The van der Waals surface area contributed by atoms with Crippen molar-refractivity contribution in [1.29, 1.82) is 0 Å². The van der Waals surface area contributed by atoms with Crippen LogP contribution in [-0.4, -0.2) is 24.8 Å². The van der Waals surface area contributed by atoms with Gasteiger partial charge in [-0.25, -0.2) is 0 Å². The molecule has 0 aliphatic heterocycles. The summed E-state index contributed by atoms with van der Waals surface area (Å²) in [5.41, 5.74) is 4.26. The Morgan fingerprint density at radius 1 is 1.03 bits per heavy atom. The van der Waals surface area contributed by atoms with Gasteiger partial charge in [-0.15, -0.1) is 0 Å². The average Bonchev–Trinajstić information content (AvgIpc) is 2.69. The maximum atomic E-state index is 11.6. The van der Waals surface area contributed by atoms with Crippen LogP contribution in [0.2, 0.25) is 0 Å². The van der Waals surface area contributed by atoms with Crippen molar-refractivity contribution in [3.05, 3.63) is 65.9 Å². The van der Waals surface area contributed by atoms with Crippen molar-refractivity contribution in [1.82, 2.24) is 0 Å². The molecule has 0 radical (unpaired) electrons. The van der Waals surface area contributed by atoms with Crippen molar-refractivity contribution in [3.63, 3.8) is 0 Å². The number of hydrogen-bond acceptors (Lipinski definition) is 5. The number of aryl methyl sites for hydroxylation is 1. The van der Waals surface area contributed by atoms with Crippen molar-refractivity contribution in [3.8, 4) is 11.5 Å². The lowest BCUT2D eigenvalue weighted by Gasteiger charge is -2.31. The summed E-state index contributed by atoms with van der Waals surface area (Å²) in [5, 5.41) is 3.49. The first-order valence-corrected chi connectivity index (χ1v) is 10.3. The lowest BCUT2D eigenvalue weighted by molar-refractivity contribution is -0.141. The van der Waals surface area contributed by atoms with Gasteiger partial charge in [-0.3, -0.25) is 9.79 Å². The van der Waals surface area contributed by atoms with E-state index in [1.54, 1.807) is 6.92 Å². The van der Waals surface area contributed by atoms with Crippen LogP contribution in [-0.2, 0) is 9.53 Å². The van der Waals surface area contributed by atoms with Gasteiger partial charge in [0.05, 0.1) is 6.61 Å². The molecule has 0 fully saturated rings. The van der Waals surface area contributed by atoms with E-state index in [4.69, 9.17) is 9.47 Å². The lowest BCUT2D eigenvalue weighted by atomic mass is 9.78. The summed E-state index contributed by atoms with van der Waals surface area (Å²) in [4.78, 5) is 16.1. The van der Waals surface area contributed by atoms with Gasteiger partial charge in [-0.05, 0) is 74.6 Å². The highest BCUT2D eigenvalue weighted by Gasteiger charge is 2.26. The van der Waals surface area contributed by atoms with Crippen LogP contribution in [0.1, 0.15) is 39.2 Å². The van der Waals surface area contributed by atoms with Crippen molar-refractivity contribution >= 4 is 17.4 Å². The number of hydrogen-bond donors (Lipinski definition) is 1. The number of rotatable bonds is 7. The van der Waals surface area contributed by atoms with Gasteiger partial charge in [0.25, 0.3) is 0 Å². The summed E-state index contributed by atoms with van der Waals surface area (Å²) in [5.74, 6) is 1.32. The van der Waals surface area contributed by atoms with Gasteiger partial charge < -0.3 is 14.8 Å². The molecule has 0 atom stereocenters. The normalized spacial score (nSPS) is 16.7. The van der Waals surface area contributed by atoms with E-state index in [2.05, 4.69) is 31.1 Å². The van der Waals surface area contributed by atoms with Gasteiger partial charge in [0, 0.05) is 17.1 Å². The van der Waals surface area contributed by atoms with E-state index in [1.165, 1.54) is 5.56 Å². The number of ether oxygens (including phenoxy) is 2. The van der Waals surface area contributed by atoms with Crippen molar-refractivity contribution in [2.75, 3.05) is 18.5 Å². The van der Waals surface area contributed by atoms with Gasteiger partial charge in [0.15, 0.2) is 0 Å². The maximum Gasteiger partial charge on any atom is 0.327 e. The Morgan fingerprint density at radius 2 is 1.67 bits per heavy atom. The molecule has 0 heterocycles. The summed E-state index contributed by atoms with van der Waals surface area (Å²) in [6, 6.07) is 15.9. The molecule has 1 aliphatic carbocycles. The summed E-state index contributed by atoms with van der Waals surface area (Å²) < 4.78 is 10.9. The molecule has 0 bridgehead atoms. The number of nitrogens with one attached hydrogen (secondary N) is 1. The summed E-state index contributed by atoms with van der Waals surface area (Å²) >= 11 is 0. The summed E-state index contributed by atoms with van der Waals surface area (Å²) in [7, 11) is 0. The van der Waals surface area contributed by atoms with E-state index < -0.39 is 0 Å². The SMILES string of the molecule is CCOC(=O)CN=C1C=C(Nc2ccc(Oc3ccc(C)cc3)cc2)CC(C)(C)C1. The predicted molar refractivity (Wildman–Crippen MR) is 121 cm³/mol. The molecule has 2 aromatic carbocycles. The Bertz CT molecular complexity index is 926. The Morgan fingerprint density at radius 3 is 2.30 bits per heavy atom. The van der Waals surface area contributed by atoms with E-state index in [-0.39, 0.29) is 17.9 Å². The van der Waals surface area contributed by atoms with Crippen LogP contribution in [0.3, 0.4) is 0 Å². The number of aliphatic imine (C=N–C) groups is 1. The molecule has 3 rings (SSSR count). The molecule has 2 aromatic rings. The van der Waals surface area contributed by atoms with Crippen LogP contribution in [0.5, 0.6) is 11.5 Å². The second-order valence-corrected chi connectivity index (χ2v) is 8.36. The highest BCUT2D eigenvalue weighted by molar-refractivity contribution is 5.98. The lowest BCUT2D eigenvalue weighted by Crippen LogP contribution is -2.25. The zero-order valence-corrected chi connectivity index (χ0v) is 18.2. The van der Waals surface area contributed by atoms with Crippen LogP contribution in [0.4, 0.5) is 5.69 Å². The van der Waals surface area contributed by atoms with Gasteiger partial charge in [-0.2, -0.15) is 0 Å². The van der Waals surface area contributed by atoms with Crippen LogP contribution in [0.25, 0.3) is 0 Å². The minimum absolute atomic E-state index is 0.0636. The molecule has 158 valence electrons. The Balaban J connectivity index is 1.66. The number of esters is 1. The second-order valence-electron chi connectivity index (χ2n) is 8.36. The molecule has 5 nitrogen and oxygen atoms in total. The first-order chi connectivity index (χ1) is 14.3. The van der Waals surface area contributed by atoms with Crippen LogP contribution >= 0.6 is 0 Å². The fraction of sp³-hybridized carbons (Fsp3) is 0.360. The van der Waals surface area contributed by atoms with Crippen molar-refractivity contribution < 1.29 is 14.3 Å². The largest absolute Gasteiger partial charge is 0.465 e. The minimum atomic E-state index is -0.291. The van der Waals surface area contributed by atoms with Gasteiger partial charge >= 0.3 is 5.97 Å². The molecule has 0 unspecified atom stereocenters. The maximum absolute atomic E-state index is 11.6. The quantitative estimate of drug-likeness (QED) is 0.581. The molecule has 5 heteroatoms. The van der Waals surface area contributed by atoms with E-state index in [9.17, 15) is 4.79 Å². The van der Waals surface area contributed by atoms with E-state index >= 15 is 0 Å². The highest BCUT2D eigenvalue weighted by Crippen LogP contribution is 2.35. The van der Waals surface area contributed by atoms with Crippen LogP contribution < -0.4 is 10.1 Å². The van der Waals surface area contributed by atoms with E-state index in [0.717, 1.165) is 41.4 Å². The molecule has 0 saturated carbocycles. The number of anilines is 1. The standard InChI is InChI=1S/C25H30N2O3/c1-5-29-24(28)17-26-20-14-21(16-25(3,4)15-20)27-19-8-12-23(13-9-19)30-22-10-6-18(2)7-11-22/h6-14,27H,5,15-17H2,1-4H3. The molecule has 0 aromatic heterocycles. The van der Waals surface area contributed by atoms with Gasteiger partial charge in [-0.1, -0.05) is 31.5 Å². The van der Waals surface area contributed by atoms with Crippen molar-refractivity contribution in [2.24, 2.45) is 10.4 Å². The molecule has 0 saturated heterocycles. The third kappa shape index (κ3) is 6.48. The summed E-state index contributed by atoms with van der Waals surface area (Å²) in [6.07, 6.45) is 3.79. The number of carbonyl (C=O) groups is 1. The van der Waals surface area contributed by atoms with E-state index in [0.29, 0.717) is 6.61 Å². The fourth-order valence-electron chi connectivity index (χ4n) is 3.46. The third-order valence-corrected chi connectivity index (χ3v) is 4.80. The number of nitrogens with zero attached hydrogens (tertiary/aromatic N) is 1. The topological polar surface area (TPSA) is 59.9 Å². The third-order valence-electron chi connectivity index (χ3n) is 4.80. The average molecular weight is 407 g/mol. The van der Waals surface area contributed by atoms with Gasteiger partial charge in [0.2, 0.25) is 0 Å². The fourth-order valence-corrected chi connectivity index (χ4v) is 3.46. The molecule has 0 spiro atoms. The molecular weight excluding hydrogens is 376 g/mol. The highest BCUT2D eigenvalue weighted by atomic mass is 16.5. The van der Waals surface area contributed by atoms with Crippen LogP contribution in [0.15, 0.2) is 65.3 Å². The first kappa shape index (κ1) is 21.6. The van der Waals surface area contributed by atoms with Gasteiger partial charge in [0.1, 0.15) is 18.0 Å². The Labute approximate surface area is 178 Å². The number of benzene rings is 2. The molecule has 30 heavy (non-hydrogen) atoms. The predicted octanol–water partition coefficient (Wildman–Crippen LogP) is 5.91. The zero-order valence-electron chi connectivity index (χ0n) is 18.2. The smallest absolute Gasteiger partial charge is 0.327 e. The van der Waals surface area contributed by atoms with E-state index in [1.807, 2.05) is 54.6 Å². The molecule has 0 amide bonds. The monoisotopic (exact) mass is 406 g/mol. The molecular formula is C25H30N2O3. The summed E-state index contributed by atoms with van der Waals surface area (Å²) in [6.45, 7) is 8.71. The van der Waals surface area contributed by atoms with Crippen LogP contribution in [0, 0.1) is 12.3 Å². The Kier molecular flexibility index (Phi) is 6.93.